The third kappa shape index (κ3) is 2.71. The minimum absolute atomic E-state index is 0.0126. The number of hydrogen-bond acceptors (Lipinski definition) is 3. The molecule has 1 aromatic heterocycles. The molecule has 2 rings (SSSR count). The smallest absolute Gasteiger partial charge is 0.0847 e. The molecule has 0 bridgehead atoms. The van der Waals surface area contributed by atoms with Gasteiger partial charge in [0.05, 0.1) is 22.5 Å². The summed E-state index contributed by atoms with van der Waals surface area (Å²) >= 11 is 6.30. The quantitative estimate of drug-likeness (QED) is 0.863. The van der Waals surface area contributed by atoms with E-state index >= 15 is 0 Å². The van der Waals surface area contributed by atoms with E-state index in [9.17, 15) is 0 Å². The van der Waals surface area contributed by atoms with Crippen LogP contribution in [0.1, 0.15) is 31.2 Å². The molecule has 1 aliphatic rings. The maximum absolute atomic E-state index is 6.30. The molecule has 1 aromatic rings. The summed E-state index contributed by atoms with van der Waals surface area (Å²) in [5.41, 5.74) is 8.19. The summed E-state index contributed by atoms with van der Waals surface area (Å²) in [5, 5.41) is 5.16. The third-order valence-electron chi connectivity index (χ3n) is 3.66. The standard InChI is InChI=1S/C13H22ClN3O/c1-4-17-11(12(14)8(2)16-17)7-10(15)13(18-3)9-5-6-9/h9-10,13H,4-7,15H2,1-3H3. The molecular weight excluding hydrogens is 250 g/mol. The Morgan fingerprint density at radius 1 is 1.56 bits per heavy atom. The van der Waals surface area contributed by atoms with Crippen LogP contribution in [0.25, 0.3) is 0 Å². The molecule has 1 aliphatic carbocycles. The summed E-state index contributed by atoms with van der Waals surface area (Å²) in [5.74, 6) is 0.628. The van der Waals surface area contributed by atoms with Gasteiger partial charge >= 0.3 is 0 Å². The zero-order valence-electron chi connectivity index (χ0n) is 11.3. The van der Waals surface area contributed by atoms with Crippen molar-refractivity contribution in [3.05, 3.63) is 16.4 Å². The molecular formula is C13H22ClN3O. The first-order chi connectivity index (χ1) is 8.58. The summed E-state index contributed by atoms with van der Waals surface area (Å²) in [6, 6.07) is -0.0126. The molecule has 2 atom stereocenters. The Labute approximate surface area is 113 Å². The number of nitrogens with zero attached hydrogens (tertiary/aromatic N) is 2. The van der Waals surface area contributed by atoms with Gasteiger partial charge in [-0.1, -0.05) is 11.6 Å². The topological polar surface area (TPSA) is 53.1 Å². The largest absolute Gasteiger partial charge is 0.380 e. The zero-order chi connectivity index (χ0) is 13.3. The number of rotatable bonds is 6. The van der Waals surface area contributed by atoms with Gasteiger partial charge in [0.25, 0.3) is 0 Å². The lowest BCUT2D eigenvalue weighted by molar-refractivity contribution is 0.0621. The van der Waals surface area contributed by atoms with E-state index in [0.717, 1.165) is 29.4 Å². The average Bonchev–Trinajstić information content (AvgIpc) is 3.13. The number of nitrogens with two attached hydrogens (primary N) is 1. The Bertz CT molecular complexity index is 415. The maximum Gasteiger partial charge on any atom is 0.0847 e. The molecule has 102 valence electrons. The lowest BCUT2D eigenvalue weighted by Crippen LogP contribution is -2.40. The molecule has 0 saturated heterocycles. The van der Waals surface area contributed by atoms with Crippen LogP contribution in [0.5, 0.6) is 0 Å². The summed E-state index contributed by atoms with van der Waals surface area (Å²) in [6.45, 7) is 4.81. The van der Waals surface area contributed by atoms with E-state index in [1.165, 1.54) is 12.8 Å². The molecule has 0 amide bonds. The Morgan fingerprint density at radius 2 is 2.22 bits per heavy atom. The second kappa shape index (κ2) is 5.59. The Hall–Kier alpha value is -0.580. The fraction of sp³-hybridized carbons (Fsp3) is 0.769. The Kier molecular flexibility index (Phi) is 4.30. The highest BCUT2D eigenvalue weighted by Gasteiger charge is 2.36. The number of methoxy groups -OCH3 is 1. The molecule has 1 fully saturated rings. The molecule has 4 nitrogen and oxygen atoms in total. The number of aryl methyl sites for hydroxylation is 2. The normalized spacial score (nSPS) is 18.9. The van der Waals surface area contributed by atoms with Gasteiger partial charge in [-0.2, -0.15) is 5.10 Å². The van der Waals surface area contributed by atoms with Gasteiger partial charge in [-0.25, -0.2) is 0 Å². The van der Waals surface area contributed by atoms with Crippen molar-refractivity contribution in [2.75, 3.05) is 7.11 Å². The molecule has 5 heteroatoms. The maximum atomic E-state index is 6.30. The summed E-state index contributed by atoms with van der Waals surface area (Å²) in [4.78, 5) is 0. The van der Waals surface area contributed by atoms with Gasteiger partial charge in [0.15, 0.2) is 0 Å². The van der Waals surface area contributed by atoms with Crippen molar-refractivity contribution >= 4 is 11.6 Å². The van der Waals surface area contributed by atoms with E-state index in [1.807, 2.05) is 11.6 Å². The first kappa shape index (κ1) is 13.8. The van der Waals surface area contributed by atoms with Crippen LogP contribution in [0.2, 0.25) is 5.02 Å². The van der Waals surface area contributed by atoms with Crippen LogP contribution in [0.3, 0.4) is 0 Å². The van der Waals surface area contributed by atoms with Crippen LogP contribution in [-0.4, -0.2) is 29.0 Å². The van der Waals surface area contributed by atoms with Crippen LogP contribution in [0, 0.1) is 12.8 Å². The monoisotopic (exact) mass is 271 g/mol. The SMILES string of the molecule is CCn1nc(C)c(Cl)c1CC(N)C(OC)C1CC1. The van der Waals surface area contributed by atoms with Crippen molar-refractivity contribution in [3.8, 4) is 0 Å². The number of hydrogen-bond donors (Lipinski definition) is 1. The van der Waals surface area contributed by atoms with Gasteiger partial charge in [-0.05, 0) is 32.6 Å². The lowest BCUT2D eigenvalue weighted by atomic mass is 10.0. The highest BCUT2D eigenvalue weighted by molar-refractivity contribution is 6.31. The lowest BCUT2D eigenvalue weighted by Gasteiger charge is -2.22. The Balaban J connectivity index is 2.12. The molecule has 0 radical (unpaired) electrons. The Morgan fingerprint density at radius 3 is 2.72 bits per heavy atom. The van der Waals surface area contributed by atoms with Crippen LogP contribution in [0.4, 0.5) is 0 Å². The molecule has 0 aromatic carbocycles. The van der Waals surface area contributed by atoms with Gasteiger partial charge in [-0.15, -0.1) is 0 Å². The second-order valence-electron chi connectivity index (χ2n) is 5.07. The van der Waals surface area contributed by atoms with Crippen LogP contribution >= 0.6 is 11.6 Å². The van der Waals surface area contributed by atoms with Crippen molar-refractivity contribution in [1.82, 2.24) is 9.78 Å². The fourth-order valence-corrected chi connectivity index (χ4v) is 2.76. The van der Waals surface area contributed by atoms with E-state index in [1.54, 1.807) is 7.11 Å². The zero-order valence-corrected chi connectivity index (χ0v) is 12.1. The van der Waals surface area contributed by atoms with Gasteiger partial charge in [0.1, 0.15) is 0 Å². The highest BCUT2D eigenvalue weighted by atomic mass is 35.5. The minimum atomic E-state index is -0.0126. The first-order valence-corrected chi connectivity index (χ1v) is 6.96. The van der Waals surface area contributed by atoms with E-state index in [4.69, 9.17) is 22.1 Å². The van der Waals surface area contributed by atoms with Gasteiger partial charge in [-0.3, -0.25) is 4.68 Å². The van der Waals surface area contributed by atoms with Crippen LogP contribution < -0.4 is 5.73 Å². The second-order valence-corrected chi connectivity index (χ2v) is 5.45. The van der Waals surface area contributed by atoms with Crippen molar-refractivity contribution in [1.29, 1.82) is 0 Å². The van der Waals surface area contributed by atoms with Crippen molar-refractivity contribution in [2.45, 2.75) is 51.8 Å². The van der Waals surface area contributed by atoms with Crippen LogP contribution in [-0.2, 0) is 17.7 Å². The number of ether oxygens (including phenoxy) is 1. The molecule has 2 unspecified atom stereocenters. The van der Waals surface area contributed by atoms with E-state index in [-0.39, 0.29) is 12.1 Å². The van der Waals surface area contributed by atoms with Crippen molar-refractivity contribution in [2.24, 2.45) is 11.7 Å². The molecule has 0 spiro atoms. The predicted octanol–water partition coefficient (Wildman–Crippen LogP) is 2.16. The minimum Gasteiger partial charge on any atom is -0.380 e. The van der Waals surface area contributed by atoms with Crippen LogP contribution in [0.15, 0.2) is 0 Å². The number of aromatic nitrogens is 2. The molecule has 1 heterocycles. The van der Waals surface area contributed by atoms with E-state index in [2.05, 4.69) is 12.0 Å². The highest BCUT2D eigenvalue weighted by Crippen LogP contribution is 2.36. The van der Waals surface area contributed by atoms with E-state index in [0.29, 0.717) is 5.92 Å². The molecule has 0 aliphatic heterocycles. The summed E-state index contributed by atoms with van der Waals surface area (Å²) < 4.78 is 7.47. The van der Waals surface area contributed by atoms with Gasteiger partial charge in [0.2, 0.25) is 0 Å². The van der Waals surface area contributed by atoms with Crippen molar-refractivity contribution in [3.63, 3.8) is 0 Å². The third-order valence-corrected chi connectivity index (χ3v) is 4.15. The van der Waals surface area contributed by atoms with E-state index < -0.39 is 0 Å². The average molecular weight is 272 g/mol. The molecule has 1 saturated carbocycles. The van der Waals surface area contributed by atoms with Gasteiger partial charge < -0.3 is 10.5 Å². The summed E-state index contributed by atoms with van der Waals surface area (Å²) in [6.07, 6.45) is 3.32. The molecule has 18 heavy (non-hydrogen) atoms. The predicted molar refractivity (Wildman–Crippen MR) is 72.8 cm³/mol. The number of halogens is 1. The first-order valence-electron chi connectivity index (χ1n) is 6.58. The summed E-state index contributed by atoms with van der Waals surface area (Å²) in [7, 11) is 1.74. The molecule has 2 N–H and O–H groups in total. The van der Waals surface area contributed by atoms with Gasteiger partial charge in [0, 0.05) is 26.1 Å². The van der Waals surface area contributed by atoms with Crippen molar-refractivity contribution < 1.29 is 4.74 Å². The fourth-order valence-electron chi connectivity index (χ4n) is 2.54.